The van der Waals surface area contributed by atoms with Crippen LogP contribution in [0.1, 0.15) is 21.5 Å². The van der Waals surface area contributed by atoms with Crippen molar-refractivity contribution < 1.29 is 22.7 Å². The highest BCUT2D eigenvalue weighted by atomic mass is 35.5. The summed E-state index contributed by atoms with van der Waals surface area (Å²) in [6, 6.07) is 13.4. The van der Waals surface area contributed by atoms with Gasteiger partial charge in [0.05, 0.1) is 13.2 Å². The zero-order chi connectivity index (χ0) is 21.7. The maximum atomic E-state index is 12.5. The summed E-state index contributed by atoms with van der Waals surface area (Å²) in [6.45, 7) is -1.27. The summed E-state index contributed by atoms with van der Waals surface area (Å²) < 4.78 is 42.7. The van der Waals surface area contributed by atoms with E-state index in [1.165, 1.54) is 12.1 Å². The van der Waals surface area contributed by atoms with E-state index < -0.39 is 18.7 Å². The molecule has 0 spiro atoms. The highest BCUT2D eigenvalue weighted by molar-refractivity contribution is 6.33. The molecule has 1 heterocycles. The van der Waals surface area contributed by atoms with Gasteiger partial charge in [-0.1, -0.05) is 53.5 Å². The van der Waals surface area contributed by atoms with E-state index in [1.807, 2.05) is 18.2 Å². The number of nitrogens with one attached hydrogen (secondary N) is 1. The Kier molecular flexibility index (Phi) is 7.02. The molecule has 0 saturated heterocycles. The molecule has 3 aromatic rings. The van der Waals surface area contributed by atoms with Crippen molar-refractivity contribution in [3.63, 3.8) is 0 Å². The van der Waals surface area contributed by atoms with Crippen LogP contribution in [-0.2, 0) is 17.9 Å². The molecule has 1 amide bonds. The smallest absolute Gasteiger partial charge is 0.367 e. The van der Waals surface area contributed by atoms with Gasteiger partial charge < -0.3 is 10.1 Å². The van der Waals surface area contributed by atoms with E-state index in [9.17, 15) is 18.0 Å². The van der Waals surface area contributed by atoms with Gasteiger partial charge in [-0.2, -0.15) is 18.3 Å². The molecule has 0 aliphatic heterocycles. The molecule has 158 valence electrons. The molecule has 5 nitrogen and oxygen atoms in total. The third kappa shape index (κ3) is 6.22. The average molecular weight is 458 g/mol. The quantitative estimate of drug-likeness (QED) is 0.504. The molecule has 0 radical (unpaired) electrons. The first-order valence-electron chi connectivity index (χ1n) is 8.72. The predicted octanol–water partition coefficient (Wildman–Crippen LogP) is 5.57. The van der Waals surface area contributed by atoms with Gasteiger partial charge in [-0.25, -0.2) is 0 Å². The van der Waals surface area contributed by atoms with Crippen LogP contribution in [0.25, 0.3) is 0 Å². The van der Waals surface area contributed by atoms with Gasteiger partial charge in [-0.15, -0.1) is 0 Å². The number of hydrogen-bond donors (Lipinski definition) is 1. The maximum absolute atomic E-state index is 12.5. The number of aromatic nitrogens is 2. The molecular weight excluding hydrogens is 442 g/mol. The largest absolute Gasteiger partial charge is 0.411 e. The maximum Gasteiger partial charge on any atom is 0.411 e. The molecule has 2 aromatic carbocycles. The number of rotatable bonds is 7. The van der Waals surface area contributed by atoms with E-state index in [4.69, 9.17) is 23.2 Å². The van der Waals surface area contributed by atoms with Gasteiger partial charge in [0.2, 0.25) is 0 Å². The highest BCUT2D eigenvalue weighted by Gasteiger charge is 2.27. The Morgan fingerprint density at radius 1 is 1.10 bits per heavy atom. The van der Waals surface area contributed by atoms with Gasteiger partial charge in [0, 0.05) is 16.8 Å². The summed E-state index contributed by atoms with van der Waals surface area (Å²) >= 11 is 12.3. The molecule has 1 N–H and O–H groups in total. The molecule has 1 aromatic heterocycles. The van der Waals surface area contributed by atoms with E-state index in [1.54, 1.807) is 29.1 Å². The van der Waals surface area contributed by atoms with Crippen molar-refractivity contribution in [1.82, 2.24) is 9.78 Å². The first-order valence-corrected chi connectivity index (χ1v) is 9.48. The second-order valence-electron chi connectivity index (χ2n) is 6.38. The lowest BCUT2D eigenvalue weighted by atomic mass is 10.1. The second-order valence-corrected chi connectivity index (χ2v) is 7.19. The van der Waals surface area contributed by atoms with Crippen molar-refractivity contribution in [2.75, 3.05) is 11.9 Å². The van der Waals surface area contributed by atoms with Gasteiger partial charge in [0.1, 0.15) is 11.6 Å². The van der Waals surface area contributed by atoms with Crippen LogP contribution in [0.15, 0.2) is 54.7 Å². The first kappa shape index (κ1) is 22.1. The third-order valence-electron chi connectivity index (χ3n) is 3.96. The van der Waals surface area contributed by atoms with Crippen LogP contribution < -0.4 is 5.32 Å². The minimum atomic E-state index is -4.41. The van der Waals surface area contributed by atoms with Crippen molar-refractivity contribution in [2.24, 2.45) is 0 Å². The number of hydrogen-bond acceptors (Lipinski definition) is 3. The SMILES string of the molecule is O=C(Nc1nn(Cc2ccccc2Cl)cc1Cl)c1cccc(COCC(F)(F)F)c1. The minimum Gasteiger partial charge on any atom is -0.367 e. The number of alkyl halides is 3. The molecule has 0 unspecified atom stereocenters. The normalized spacial score (nSPS) is 11.5. The van der Waals surface area contributed by atoms with Gasteiger partial charge >= 0.3 is 6.18 Å². The number of carbonyl (C=O) groups excluding carboxylic acids is 1. The van der Waals surface area contributed by atoms with Crippen molar-refractivity contribution in [2.45, 2.75) is 19.3 Å². The molecule has 0 aliphatic rings. The van der Waals surface area contributed by atoms with Gasteiger partial charge in [0.25, 0.3) is 5.91 Å². The Hall–Kier alpha value is -2.55. The summed E-state index contributed by atoms with van der Waals surface area (Å²) in [7, 11) is 0. The highest BCUT2D eigenvalue weighted by Crippen LogP contribution is 2.23. The lowest BCUT2D eigenvalue weighted by Gasteiger charge is -2.09. The van der Waals surface area contributed by atoms with Crippen LogP contribution >= 0.6 is 23.2 Å². The Morgan fingerprint density at radius 2 is 1.87 bits per heavy atom. The van der Waals surface area contributed by atoms with Crippen molar-refractivity contribution in [3.8, 4) is 0 Å². The fraction of sp³-hybridized carbons (Fsp3) is 0.200. The second kappa shape index (κ2) is 9.51. The van der Waals surface area contributed by atoms with Crippen molar-refractivity contribution in [1.29, 1.82) is 0 Å². The van der Waals surface area contributed by atoms with Gasteiger partial charge in [-0.3, -0.25) is 9.48 Å². The van der Waals surface area contributed by atoms with Crippen molar-refractivity contribution in [3.05, 3.63) is 81.5 Å². The molecule has 10 heteroatoms. The number of benzene rings is 2. The standard InChI is InChI=1S/C20H16Cl2F3N3O2/c21-16-7-2-1-5-15(16)9-28-10-17(22)18(27-28)26-19(29)14-6-3-4-13(8-14)11-30-12-20(23,24)25/h1-8,10H,9,11-12H2,(H,26,27,29). The summed E-state index contributed by atoms with van der Waals surface area (Å²) in [5.41, 5.74) is 1.50. The van der Waals surface area contributed by atoms with Crippen LogP contribution in [-0.4, -0.2) is 28.5 Å². The lowest BCUT2D eigenvalue weighted by molar-refractivity contribution is -0.176. The van der Waals surface area contributed by atoms with Crippen LogP contribution in [0, 0.1) is 0 Å². The van der Waals surface area contributed by atoms with Crippen LogP contribution in [0.2, 0.25) is 10.0 Å². The fourth-order valence-electron chi connectivity index (χ4n) is 2.63. The van der Waals surface area contributed by atoms with E-state index in [-0.39, 0.29) is 23.0 Å². The van der Waals surface area contributed by atoms with Crippen LogP contribution in [0.4, 0.5) is 19.0 Å². The third-order valence-corrected chi connectivity index (χ3v) is 4.61. The van der Waals surface area contributed by atoms with E-state index in [0.29, 0.717) is 17.1 Å². The monoisotopic (exact) mass is 457 g/mol. The first-order chi connectivity index (χ1) is 14.2. The molecule has 0 atom stereocenters. The number of halogens is 5. The average Bonchev–Trinajstić information content (AvgIpc) is 3.02. The topological polar surface area (TPSA) is 56.2 Å². The zero-order valence-electron chi connectivity index (χ0n) is 15.4. The van der Waals surface area contributed by atoms with Crippen molar-refractivity contribution >= 4 is 34.9 Å². The number of nitrogens with zero attached hydrogens (tertiary/aromatic N) is 2. The van der Waals surface area contributed by atoms with E-state index in [0.717, 1.165) is 5.56 Å². The minimum absolute atomic E-state index is 0.160. The van der Waals surface area contributed by atoms with Gasteiger partial charge in [-0.05, 0) is 29.3 Å². The summed E-state index contributed by atoms with van der Waals surface area (Å²) in [4.78, 5) is 12.5. The Bertz CT molecular complexity index is 1040. The van der Waals surface area contributed by atoms with E-state index in [2.05, 4.69) is 15.2 Å². The number of amides is 1. The van der Waals surface area contributed by atoms with Crippen LogP contribution in [0.5, 0.6) is 0 Å². The number of ether oxygens (including phenoxy) is 1. The van der Waals surface area contributed by atoms with Crippen LogP contribution in [0.3, 0.4) is 0 Å². The molecule has 0 bridgehead atoms. The number of anilines is 1. The molecule has 30 heavy (non-hydrogen) atoms. The predicted molar refractivity (Wildman–Crippen MR) is 108 cm³/mol. The molecule has 0 aliphatic carbocycles. The molecule has 3 rings (SSSR count). The van der Waals surface area contributed by atoms with E-state index >= 15 is 0 Å². The van der Waals surface area contributed by atoms with Gasteiger partial charge in [0.15, 0.2) is 5.82 Å². The summed E-state index contributed by atoms with van der Waals surface area (Å²) in [5, 5.41) is 7.67. The summed E-state index contributed by atoms with van der Waals surface area (Å²) in [6.07, 6.45) is -2.85. The number of carbonyl (C=O) groups is 1. The Morgan fingerprint density at radius 3 is 2.60 bits per heavy atom. The molecular formula is C20H16Cl2F3N3O2. The lowest BCUT2D eigenvalue weighted by Crippen LogP contribution is -2.17. The molecule has 0 saturated carbocycles. The summed E-state index contributed by atoms with van der Waals surface area (Å²) in [5.74, 6) is -0.343. The Balaban J connectivity index is 1.65. The Labute approximate surface area is 180 Å². The zero-order valence-corrected chi connectivity index (χ0v) is 16.9. The fourth-order valence-corrected chi connectivity index (χ4v) is 3.02. The molecule has 0 fully saturated rings.